The van der Waals surface area contributed by atoms with Crippen molar-refractivity contribution in [2.45, 2.75) is 38.4 Å². The molecule has 0 saturated carbocycles. The van der Waals surface area contributed by atoms with Crippen molar-refractivity contribution < 1.29 is 9.84 Å². The molecule has 6 heteroatoms. The van der Waals surface area contributed by atoms with E-state index in [2.05, 4.69) is 39.5 Å². The predicted molar refractivity (Wildman–Crippen MR) is 86.7 cm³/mol. The lowest BCUT2D eigenvalue weighted by Gasteiger charge is -2.18. The molecule has 0 amide bonds. The highest BCUT2D eigenvalue weighted by Crippen LogP contribution is 2.32. The van der Waals surface area contributed by atoms with Crippen LogP contribution in [0.15, 0.2) is 24.3 Å². The minimum atomic E-state index is -0.110. The van der Waals surface area contributed by atoms with Gasteiger partial charge in [-0.25, -0.2) is 4.68 Å². The van der Waals surface area contributed by atoms with Crippen LogP contribution in [-0.4, -0.2) is 39.8 Å². The van der Waals surface area contributed by atoms with Crippen LogP contribution in [0.3, 0.4) is 0 Å². The van der Waals surface area contributed by atoms with Crippen molar-refractivity contribution in [2.24, 2.45) is 0 Å². The first-order valence-electron chi connectivity index (χ1n) is 8.39. The van der Waals surface area contributed by atoms with Gasteiger partial charge in [0.05, 0.1) is 18.0 Å². The average Bonchev–Trinajstić information content (AvgIpc) is 3.34. The maximum Gasteiger partial charge on any atom is 0.114 e. The second-order valence-corrected chi connectivity index (χ2v) is 6.20. The molecule has 0 spiro atoms. The van der Waals surface area contributed by atoms with Crippen LogP contribution in [0.5, 0.6) is 0 Å². The van der Waals surface area contributed by atoms with Crippen LogP contribution in [0.1, 0.15) is 43.2 Å². The van der Waals surface area contributed by atoms with Crippen molar-refractivity contribution in [1.82, 2.24) is 15.0 Å². The summed E-state index contributed by atoms with van der Waals surface area (Å²) in [5.74, 6) is 0. The van der Waals surface area contributed by atoms with Crippen LogP contribution in [0.25, 0.3) is 5.69 Å². The SMILES string of the molecule is OCc1nnn(-c2ccc(N3CCCC3)cc2)c1C1CCCO1. The number of hydrogen-bond acceptors (Lipinski definition) is 5. The molecule has 3 heterocycles. The number of aliphatic hydroxyl groups excluding tert-OH is 1. The molecule has 2 aromatic rings. The molecular formula is C17H22N4O2. The summed E-state index contributed by atoms with van der Waals surface area (Å²) < 4.78 is 7.60. The molecule has 1 aromatic carbocycles. The van der Waals surface area contributed by atoms with Crippen LogP contribution in [0.2, 0.25) is 0 Å². The van der Waals surface area contributed by atoms with Gasteiger partial charge in [0.25, 0.3) is 0 Å². The zero-order chi connectivity index (χ0) is 15.6. The van der Waals surface area contributed by atoms with Crippen molar-refractivity contribution in [3.63, 3.8) is 0 Å². The molecule has 0 bridgehead atoms. The highest BCUT2D eigenvalue weighted by Gasteiger charge is 2.27. The summed E-state index contributed by atoms with van der Waals surface area (Å²) in [6.45, 7) is 2.92. The Balaban J connectivity index is 1.65. The van der Waals surface area contributed by atoms with Gasteiger partial charge in [-0.1, -0.05) is 5.21 Å². The number of rotatable bonds is 4. The van der Waals surface area contributed by atoms with E-state index in [1.54, 1.807) is 0 Å². The summed E-state index contributed by atoms with van der Waals surface area (Å²) in [6.07, 6.45) is 4.51. The third kappa shape index (κ3) is 2.72. The molecule has 0 radical (unpaired) electrons. The lowest BCUT2D eigenvalue weighted by molar-refractivity contribution is 0.104. The highest BCUT2D eigenvalue weighted by molar-refractivity contribution is 5.51. The summed E-state index contributed by atoms with van der Waals surface area (Å²) >= 11 is 0. The number of aliphatic hydroxyl groups is 1. The van der Waals surface area contributed by atoms with Gasteiger partial charge < -0.3 is 14.7 Å². The van der Waals surface area contributed by atoms with E-state index in [9.17, 15) is 5.11 Å². The first-order chi connectivity index (χ1) is 11.4. The van der Waals surface area contributed by atoms with Crippen LogP contribution >= 0.6 is 0 Å². The zero-order valence-electron chi connectivity index (χ0n) is 13.2. The highest BCUT2D eigenvalue weighted by atomic mass is 16.5. The fraction of sp³-hybridized carbons (Fsp3) is 0.529. The minimum absolute atomic E-state index is 0.0228. The zero-order valence-corrected chi connectivity index (χ0v) is 13.2. The van der Waals surface area contributed by atoms with E-state index in [-0.39, 0.29) is 12.7 Å². The monoisotopic (exact) mass is 314 g/mol. The van der Waals surface area contributed by atoms with Crippen LogP contribution in [0, 0.1) is 0 Å². The maximum absolute atomic E-state index is 9.55. The number of anilines is 1. The maximum atomic E-state index is 9.55. The van der Waals surface area contributed by atoms with E-state index in [0.29, 0.717) is 5.69 Å². The molecule has 2 fully saturated rings. The predicted octanol–water partition coefficient (Wildman–Crippen LogP) is 2.21. The Morgan fingerprint density at radius 1 is 1.09 bits per heavy atom. The molecule has 1 unspecified atom stereocenters. The Hall–Kier alpha value is -1.92. The summed E-state index contributed by atoms with van der Waals surface area (Å²) in [5, 5.41) is 17.9. The largest absolute Gasteiger partial charge is 0.390 e. The van der Waals surface area contributed by atoms with E-state index >= 15 is 0 Å². The Morgan fingerprint density at radius 2 is 1.83 bits per heavy atom. The number of aromatic nitrogens is 3. The number of ether oxygens (including phenoxy) is 1. The molecule has 4 rings (SSSR count). The number of nitrogens with zero attached hydrogens (tertiary/aromatic N) is 4. The van der Waals surface area contributed by atoms with Crippen LogP contribution in [0.4, 0.5) is 5.69 Å². The second-order valence-electron chi connectivity index (χ2n) is 6.20. The standard InChI is InChI=1S/C17H22N4O2/c22-12-15-17(16-4-3-11-23-16)21(19-18-15)14-7-5-13(6-8-14)20-9-1-2-10-20/h5-8,16,22H,1-4,9-12H2. The van der Waals surface area contributed by atoms with Crippen LogP contribution in [-0.2, 0) is 11.3 Å². The Bertz CT molecular complexity index is 656. The fourth-order valence-corrected chi connectivity index (χ4v) is 3.52. The van der Waals surface area contributed by atoms with Gasteiger partial charge in [-0.05, 0) is 49.9 Å². The van der Waals surface area contributed by atoms with Crippen molar-refractivity contribution in [3.05, 3.63) is 35.7 Å². The minimum Gasteiger partial charge on any atom is -0.390 e. The molecular weight excluding hydrogens is 292 g/mol. The van der Waals surface area contributed by atoms with Gasteiger partial charge in [-0.2, -0.15) is 0 Å². The van der Waals surface area contributed by atoms with Crippen molar-refractivity contribution in [3.8, 4) is 5.69 Å². The molecule has 1 atom stereocenters. The Kier molecular flexibility index (Phi) is 4.01. The van der Waals surface area contributed by atoms with Crippen LogP contribution < -0.4 is 4.90 Å². The summed E-state index contributed by atoms with van der Waals surface area (Å²) in [7, 11) is 0. The molecule has 2 aliphatic heterocycles. The normalized spacial score (nSPS) is 21.3. The third-order valence-corrected chi connectivity index (χ3v) is 4.73. The molecule has 1 aromatic heterocycles. The first-order valence-corrected chi connectivity index (χ1v) is 8.39. The van der Waals surface area contributed by atoms with Gasteiger partial charge in [0.1, 0.15) is 11.8 Å². The topological polar surface area (TPSA) is 63.4 Å². The number of benzene rings is 1. The van der Waals surface area contributed by atoms with Crippen molar-refractivity contribution in [2.75, 3.05) is 24.6 Å². The van der Waals surface area contributed by atoms with Gasteiger partial charge >= 0.3 is 0 Å². The van der Waals surface area contributed by atoms with E-state index in [0.717, 1.165) is 43.9 Å². The van der Waals surface area contributed by atoms with E-state index in [1.165, 1.54) is 18.5 Å². The Morgan fingerprint density at radius 3 is 2.48 bits per heavy atom. The summed E-state index contributed by atoms with van der Waals surface area (Å²) in [4.78, 5) is 2.41. The van der Waals surface area contributed by atoms with Crippen molar-refractivity contribution in [1.29, 1.82) is 0 Å². The smallest absolute Gasteiger partial charge is 0.114 e. The van der Waals surface area contributed by atoms with Gasteiger partial charge in [-0.15, -0.1) is 5.10 Å². The summed E-state index contributed by atoms with van der Waals surface area (Å²) in [6, 6.07) is 8.42. The average molecular weight is 314 g/mol. The Labute approximate surface area is 135 Å². The van der Waals surface area contributed by atoms with Gasteiger partial charge in [0.2, 0.25) is 0 Å². The van der Waals surface area contributed by atoms with Gasteiger partial charge in [0.15, 0.2) is 0 Å². The number of hydrogen-bond donors (Lipinski definition) is 1. The van der Waals surface area contributed by atoms with Crippen molar-refractivity contribution >= 4 is 5.69 Å². The lowest BCUT2D eigenvalue weighted by atomic mass is 10.1. The quantitative estimate of drug-likeness (QED) is 0.937. The molecule has 2 saturated heterocycles. The second kappa shape index (κ2) is 6.29. The molecule has 122 valence electrons. The molecule has 2 aliphatic rings. The first kappa shape index (κ1) is 14.7. The molecule has 23 heavy (non-hydrogen) atoms. The van der Waals surface area contributed by atoms with E-state index < -0.39 is 0 Å². The van der Waals surface area contributed by atoms with Gasteiger partial charge in [-0.3, -0.25) is 0 Å². The van der Waals surface area contributed by atoms with Gasteiger partial charge in [0, 0.05) is 25.4 Å². The third-order valence-electron chi connectivity index (χ3n) is 4.73. The molecule has 0 aliphatic carbocycles. The lowest BCUT2D eigenvalue weighted by Crippen LogP contribution is -2.17. The molecule has 6 nitrogen and oxygen atoms in total. The summed E-state index contributed by atoms with van der Waals surface area (Å²) in [5.41, 5.74) is 3.72. The molecule has 1 N–H and O–H groups in total. The van der Waals surface area contributed by atoms with E-state index in [1.807, 2.05) is 4.68 Å². The fourth-order valence-electron chi connectivity index (χ4n) is 3.52. The van der Waals surface area contributed by atoms with E-state index in [4.69, 9.17) is 4.74 Å².